The smallest absolute Gasteiger partial charge is 0.347 e. The Morgan fingerprint density at radius 2 is 1.44 bits per heavy atom. The van der Waals surface area contributed by atoms with Gasteiger partial charge in [-0.3, -0.25) is 9.59 Å². The molecule has 0 spiro atoms. The zero-order valence-corrected chi connectivity index (χ0v) is 21.2. The van der Waals surface area contributed by atoms with Gasteiger partial charge in [-0.1, -0.05) is 38.1 Å². The molecule has 8 heteroatoms. The molecule has 0 amide bonds. The van der Waals surface area contributed by atoms with Gasteiger partial charge >= 0.3 is 23.9 Å². The molecular formula is C31H24O8. The van der Waals surface area contributed by atoms with Gasteiger partial charge in [-0.25, -0.2) is 9.59 Å². The Labute approximate surface area is 224 Å². The van der Waals surface area contributed by atoms with Gasteiger partial charge < -0.3 is 18.9 Å². The van der Waals surface area contributed by atoms with E-state index in [1.165, 1.54) is 12.1 Å². The van der Waals surface area contributed by atoms with Crippen molar-refractivity contribution in [3.05, 3.63) is 107 Å². The van der Waals surface area contributed by atoms with Crippen molar-refractivity contribution in [3.8, 4) is 11.5 Å². The number of hydrogen-bond donors (Lipinski definition) is 0. The van der Waals surface area contributed by atoms with Crippen molar-refractivity contribution in [2.75, 3.05) is 0 Å². The molecule has 6 rings (SSSR count). The molecule has 0 aromatic heterocycles. The van der Waals surface area contributed by atoms with Gasteiger partial charge in [0.1, 0.15) is 23.0 Å². The lowest BCUT2D eigenvalue weighted by Gasteiger charge is -2.34. The van der Waals surface area contributed by atoms with Crippen LogP contribution in [0.2, 0.25) is 0 Å². The van der Waals surface area contributed by atoms with Crippen LogP contribution in [0.1, 0.15) is 46.5 Å². The van der Waals surface area contributed by atoms with E-state index in [0.29, 0.717) is 23.0 Å². The summed E-state index contributed by atoms with van der Waals surface area (Å²) in [4.78, 5) is 47.0. The molecule has 8 nitrogen and oxygen atoms in total. The number of esters is 4. The highest BCUT2D eigenvalue weighted by Crippen LogP contribution is 2.39. The molecule has 196 valence electrons. The predicted octanol–water partition coefficient (Wildman–Crippen LogP) is 5.31. The monoisotopic (exact) mass is 524 g/mol. The average Bonchev–Trinajstić information content (AvgIpc) is 3.37. The first-order valence-corrected chi connectivity index (χ1v) is 12.6. The van der Waals surface area contributed by atoms with Crippen molar-refractivity contribution in [1.82, 2.24) is 0 Å². The summed E-state index contributed by atoms with van der Waals surface area (Å²) >= 11 is 0. The first-order valence-electron chi connectivity index (χ1n) is 12.6. The topological polar surface area (TPSA) is 105 Å². The summed E-state index contributed by atoms with van der Waals surface area (Å²) in [6.45, 7) is 4.35. The van der Waals surface area contributed by atoms with Gasteiger partial charge in [0.2, 0.25) is 0 Å². The zero-order valence-electron chi connectivity index (χ0n) is 21.2. The summed E-state index contributed by atoms with van der Waals surface area (Å²) in [6.07, 6.45) is 11.8. The molecule has 1 fully saturated rings. The largest absolute Gasteiger partial charge is 0.458 e. The predicted molar refractivity (Wildman–Crippen MR) is 137 cm³/mol. The van der Waals surface area contributed by atoms with Crippen molar-refractivity contribution in [2.24, 2.45) is 17.8 Å². The van der Waals surface area contributed by atoms with E-state index in [1.807, 2.05) is 36.4 Å². The van der Waals surface area contributed by atoms with Crippen LogP contribution in [0.4, 0.5) is 0 Å². The molecule has 0 saturated carbocycles. The number of hydrogen-bond acceptors (Lipinski definition) is 8. The van der Waals surface area contributed by atoms with Gasteiger partial charge in [0.25, 0.3) is 0 Å². The normalized spacial score (nSPS) is 23.5. The molecule has 2 heterocycles. The fourth-order valence-corrected chi connectivity index (χ4v) is 5.18. The van der Waals surface area contributed by atoms with Crippen LogP contribution in [0.25, 0.3) is 0 Å². The Balaban J connectivity index is 1.09. The highest BCUT2D eigenvalue weighted by Gasteiger charge is 2.43. The fraction of sp³-hybridized carbons (Fsp3) is 0.226. The Morgan fingerprint density at radius 3 is 2.18 bits per heavy atom. The summed E-state index contributed by atoms with van der Waals surface area (Å²) < 4.78 is 21.2. The van der Waals surface area contributed by atoms with Crippen LogP contribution < -0.4 is 4.74 Å². The number of ether oxygens (including phenoxy) is 4. The van der Waals surface area contributed by atoms with Crippen LogP contribution in [0, 0.1) is 17.8 Å². The van der Waals surface area contributed by atoms with Crippen molar-refractivity contribution in [2.45, 2.75) is 25.7 Å². The molecule has 0 radical (unpaired) electrons. The highest BCUT2D eigenvalue weighted by molar-refractivity contribution is 6.14. The number of rotatable bonds is 6. The van der Waals surface area contributed by atoms with Crippen LogP contribution in [-0.2, 0) is 29.2 Å². The molecule has 2 aliphatic carbocycles. The van der Waals surface area contributed by atoms with Gasteiger partial charge in [-0.2, -0.15) is 0 Å². The molecule has 3 atom stereocenters. The van der Waals surface area contributed by atoms with Gasteiger partial charge in [0.05, 0.1) is 23.0 Å². The molecule has 39 heavy (non-hydrogen) atoms. The minimum Gasteiger partial charge on any atom is -0.458 e. The summed E-state index contributed by atoms with van der Waals surface area (Å²) in [5, 5.41) is 0. The molecule has 1 saturated heterocycles. The molecule has 2 aromatic rings. The van der Waals surface area contributed by atoms with Gasteiger partial charge in [0.15, 0.2) is 0 Å². The minimum atomic E-state index is -0.670. The Hall–Kier alpha value is -4.72. The van der Waals surface area contributed by atoms with E-state index >= 15 is 0 Å². The maximum atomic E-state index is 11.9. The van der Waals surface area contributed by atoms with Crippen molar-refractivity contribution in [1.29, 1.82) is 0 Å². The summed E-state index contributed by atoms with van der Waals surface area (Å²) in [6, 6.07) is 12.4. The quantitative estimate of drug-likeness (QED) is 0.370. The third-order valence-electron chi connectivity index (χ3n) is 7.62. The molecule has 3 unspecified atom stereocenters. The number of fused-ring (bicyclic) bond motifs is 2. The summed E-state index contributed by atoms with van der Waals surface area (Å²) in [5.41, 5.74) is 1.37. The third-order valence-corrected chi connectivity index (χ3v) is 7.62. The van der Waals surface area contributed by atoms with Crippen LogP contribution >= 0.6 is 0 Å². The lowest BCUT2D eigenvalue weighted by Crippen LogP contribution is -2.28. The fourth-order valence-electron chi connectivity index (χ4n) is 5.18. The van der Waals surface area contributed by atoms with Crippen molar-refractivity contribution >= 4 is 23.9 Å². The number of benzene rings is 2. The van der Waals surface area contributed by atoms with Crippen LogP contribution in [0.15, 0.2) is 90.4 Å². The third kappa shape index (κ3) is 4.48. The second-order valence-electron chi connectivity index (χ2n) is 10.4. The molecule has 0 bridgehead atoms. The molecule has 2 aromatic carbocycles. The van der Waals surface area contributed by atoms with E-state index < -0.39 is 35.7 Å². The minimum absolute atomic E-state index is 0.194. The Bertz CT molecular complexity index is 1540. The van der Waals surface area contributed by atoms with Crippen LogP contribution in [0.3, 0.4) is 0 Å². The number of cyclic esters (lactones) is 4. The van der Waals surface area contributed by atoms with Gasteiger partial charge in [-0.05, 0) is 78.0 Å². The Kier molecular flexibility index (Phi) is 5.83. The molecule has 2 aliphatic heterocycles. The average molecular weight is 525 g/mol. The van der Waals surface area contributed by atoms with E-state index in [-0.39, 0.29) is 22.5 Å². The van der Waals surface area contributed by atoms with Crippen molar-refractivity contribution < 1.29 is 38.1 Å². The van der Waals surface area contributed by atoms with E-state index in [4.69, 9.17) is 14.2 Å². The molecular weight excluding hydrogens is 500 g/mol. The van der Waals surface area contributed by atoms with E-state index in [1.54, 1.807) is 24.3 Å². The lowest BCUT2D eigenvalue weighted by atomic mass is 9.71. The SMILES string of the molecule is CC(C)(c1ccc(Oc2ccc3c(c2)C(=O)OC3=O)cc1)C1C=CC(OC2=CC3C(=O)OC(=O)C3C=C2)=CC1. The standard InChI is InChI=1S/C31H24O8/c1-31(2,17-3-7-19(8-4-17)36-21-11-13-23-25(15-21)29(34)38-27(23)32)18-5-9-20(10-6-18)37-22-12-14-24-26(16-22)30(35)39-28(24)33/h3-5,7-16,18,24,26H,6H2,1-2H3. The van der Waals surface area contributed by atoms with E-state index in [0.717, 1.165) is 12.0 Å². The highest BCUT2D eigenvalue weighted by atomic mass is 16.6. The lowest BCUT2D eigenvalue weighted by molar-refractivity contribution is -0.153. The van der Waals surface area contributed by atoms with Gasteiger partial charge in [-0.15, -0.1) is 0 Å². The summed E-state index contributed by atoms with van der Waals surface area (Å²) in [7, 11) is 0. The number of carbonyl (C=O) groups is 4. The second-order valence-corrected chi connectivity index (χ2v) is 10.4. The van der Waals surface area contributed by atoms with Crippen LogP contribution in [-0.4, -0.2) is 23.9 Å². The van der Waals surface area contributed by atoms with E-state index in [2.05, 4.69) is 24.7 Å². The van der Waals surface area contributed by atoms with Crippen LogP contribution in [0.5, 0.6) is 11.5 Å². The van der Waals surface area contributed by atoms with Gasteiger partial charge in [0, 0.05) is 0 Å². The summed E-state index contributed by atoms with van der Waals surface area (Å²) in [5.74, 6) is -1.14. The Morgan fingerprint density at radius 1 is 0.744 bits per heavy atom. The van der Waals surface area contributed by atoms with Crippen molar-refractivity contribution in [3.63, 3.8) is 0 Å². The maximum Gasteiger partial charge on any atom is 0.347 e. The first-order chi connectivity index (χ1) is 18.7. The number of carbonyl (C=O) groups excluding carboxylic acids is 4. The first kappa shape index (κ1) is 24.6. The maximum absolute atomic E-state index is 11.9. The molecule has 4 aliphatic rings. The zero-order chi connectivity index (χ0) is 27.3. The molecule has 0 N–H and O–H groups in total. The number of allylic oxidation sites excluding steroid dienone is 4. The van der Waals surface area contributed by atoms with E-state index in [9.17, 15) is 19.2 Å². The second kappa shape index (κ2) is 9.23.